The van der Waals surface area contributed by atoms with Crippen molar-refractivity contribution in [1.29, 1.82) is 0 Å². The van der Waals surface area contributed by atoms with Gasteiger partial charge in [-0.3, -0.25) is 4.79 Å². The molecule has 0 aliphatic rings. The number of hydrogen-bond donors (Lipinski definition) is 1. The second-order valence-electron chi connectivity index (χ2n) is 3.92. The van der Waals surface area contributed by atoms with Crippen molar-refractivity contribution < 1.29 is 14.7 Å². The minimum atomic E-state index is -0.732. The first kappa shape index (κ1) is 16.4. The largest absolute Gasteiger partial charge is 0.481 e. The normalized spacial score (nSPS) is 11.8. The number of carbonyl (C=O) groups excluding carboxylic acids is 1. The van der Waals surface area contributed by atoms with Gasteiger partial charge in [0.25, 0.3) is 0 Å². The molecule has 0 heterocycles. The molecule has 0 amide bonds. The maximum Gasteiger partial charge on any atom is 0.303 e. The molecule has 18 heavy (non-hydrogen) atoms. The number of aliphatic carboxylic acids is 1. The Balaban J connectivity index is 3.36. The number of carbonyl (C=O) groups is 2. The van der Waals surface area contributed by atoms with Crippen LogP contribution in [0.4, 0.5) is 0 Å². The highest BCUT2D eigenvalue weighted by Crippen LogP contribution is 1.98. The van der Waals surface area contributed by atoms with Gasteiger partial charge in [-0.1, -0.05) is 36.5 Å². The van der Waals surface area contributed by atoms with Crippen molar-refractivity contribution >= 4 is 12.3 Å². The molecular weight excluding hydrogens is 228 g/mol. The van der Waals surface area contributed by atoms with Crippen LogP contribution in [0.2, 0.25) is 0 Å². The summed E-state index contributed by atoms with van der Waals surface area (Å²) in [6.45, 7) is 0. The molecule has 0 aliphatic heterocycles. The highest BCUT2D eigenvalue weighted by Gasteiger charge is 1.92. The van der Waals surface area contributed by atoms with E-state index in [1.165, 1.54) is 0 Å². The minimum absolute atomic E-state index is 0.242. The SMILES string of the molecule is O=CCC/C=C\C/C=C\C/C=C\CCCC(=O)O. The molecule has 100 valence electrons. The van der Waals surface area contributed by atoms with Gasteiger partial charge in [-0.05, 0) is 32.1 Å². The number of hydrogen-bond acceptors (Lipinski definition) is 2. The number of carboxylic acids is 1. The fraction of sp³-hybridized carbons (Fsp3) is 0.467. The summed E-state index contributed by atoms with van der Waals surface area (Å²) in [5, 5.41) is 8.43. The molecular formula is C15H22O3. The Hall–Kier alpha value is -1.64. The Bertz CT molecular complexity index is 301. The molecule has 0 unspecified atom stereocenters. The van der Waals surface area contributed by atoms with Crippen LogP contribution >= 0.6 is 0 Å². The summed E-state index contributed by atoms with van der Waals surface area (Å²) in [6, 6.07) is 0. The number of aldehydes is 1. The number of rotatable bonds is 11. The van der Waals surface area contributed by atoms with E-state index in [9.17, 15) is 9.59 Å². The monoisotopic (exact) mass is 250 g/mol. The van der Waals surface area contributed by atoms with Crippen molar-refractivity contribution in [3.8, 4) is 0 Å². The topological polar surface area (TPSA) is 54.4 Å². The summed E-state index contributed by atoms with van der Waals surface area (Å²) in [4.78, 5) is 20.3. The van der Waals surface area contributed by atoms with Crippen molar-refractivity contribution in [2.75, 3.05) is 0 Å². The van der Waals surface area contributed by atoms with Crippen LogP contribution in [0.25, 0.3) is 0 Å². The molecule has 0 bridgehead atoms. The molecule has 0 spiro atoms. The van der Waals surface area contributed by atoms with Gasteiger partial charge in [0.05, 0.1) is 0 Å². The van der Waals surface area contributed by atoms with E-state index >= 15 is 0 Å². The highest BCUT2D eigenvalue weighted by atomic mass is 16.4. The number of unbranched alkanes of at least 4 members (excludes halogenated alkanes) is 2. The van der Waals surface area contributed by atoms with Crippen LogP contribution < -0.4 is 0 Å². The lowest BCUT2D eigenvalue weighted by molar-refractivity contribution is -0.137. The van der Waals surface area contributed by atoms with Gasteiger partial charge in [-0.2, -0.15) is 0 Å². The van der Waals surface area contributed by atoms with E-state index in [1.54, 1.807) is 0 Å². The first-order valence-electron chi connectivity index (χ1n) is 6.37. The van der Waals surface area contributed by atoms with E-state index in [0.29, 0.717) is 12.8 Å². The first-order chi connectivity index (χ1) is 8.77. The van der Waals surface area contributed by atoms with Gasteiger partial charge >= 0.3 is 5.97 Å². The predicted molar refractivity (Wildman–Crippen MR) is 73.4 cm³/mol. The maximum atomic E-state index is 10.2. The molecule has 0 aromatic carbocycles. The molecule has 0 atom stereocenters. The molecule has 0 fully saturated rings. The second-order valence-corrected chi connectivity index (χ2v) is 3.92. The Kier molecular flexibility index (Phi) is 12.2. The number of allylic oxidation sites excluding steroid dienone is 6. The van der Waals surface area contributed by atoms with Gasteiger partial charge in [-0.25, -0.2) is 0 Å². The molecule has 0 aromatic heterocycles. The van der Waals surface area contributed by atoms with Gasteiger partial charge in [0.1, 0.15) is 6.29 Å². The van der Waals surface area contributed by atoms with E-state index in [1.807, 2.05) is 12.2 Å². The van der Waals surface area contributed by atoms with E-state index in [-0.39, 0.29) is 6.42 Å². The summed E-state index contributed by atoms with van der Waals surface area (Å²) in [7, 11) is 0. The second kappa shape index (κ2) is 13.4. The summed E-state index contributed by atoms with van der Waals surface area (Å²) >= 11 is 0. The first-order valence-corrected chi connectivity index (χ1v) is 6.37. The van der Waals surface area contributed by atoms with E-state index in [0.717, 1.165) is 32.0 Å². The Labute approximate surface area is 109 Å². The molecule has 0 aliphatic carbocycles. The summed E-state index contributed by atoms with van der Waals surface area (Å²) in [6.07, 6.45) is 18.2. The van der Waals surface area contributed by atoms with Crippen molar-refractivity contribution in [2.45, 2.75) is 44.9 Å². The van der Waals surface area contributed by atoms with Crippen molar-refractivity contribution in [2.24, 2.45) is 0 Å². The zero-order valence-electron chi connectivity index (χ0n) is 10.8. The van der Waals surface area contributed by atoms with E-state index in [2.05, 4.69) is 24.3 Å². The lowest BCUT2D eigenvalue weighted by atomic mass is 10.2. The van der Waals surface area contributed by atoms with Gasteiger partial charge in [-0.15, -0.1) is 0 Å². The third-order valence-corrected chi connectivity index (χ3v) is 2.26. The average molecular weight is 250 g/mol. The fourth-order valence-corrected chi connectivity index (χ4v) is 1.31. The predicted octanol–water partition coefficient (Wildman–Crippen LogP) is 3.67. The molecule has 3 heteroatoms. The van der Waals surface area contributed by atoms with Crippen LogP contribution in [0.1, 0.15) is 44.9 Å². The Morgan fingerprint density at radius 3 is 1.94 bits per heavy atom. The standard InChI is InChI=1S/C15H22O3/c16-14-12-10-8-6-4-2-1-3-5-7-9-11-13-15(17)18/h1-2,5-8,14H,3-4,9-13H2,(H,17,18)/b2-1-,7-5-,8-6-. The average Bonchev–Trinajstić information content (AvgIpc) is 2.34. The zero-order chi connectivity index (χ0) is 13.5. The summed E-state index contributed by atoms with van der Waals surface area (Å²) < 4.78 is 0. The minimum Gasteiger partial charge on any atom is -0.481 e. The van der Waals surface area contributed by atoms with Gasteiger partial charge in [0, 0.05) is 12.8 Å². The zero-order valence-corrected chi connectivity index (χ0v) is 10.8. The molecule has 0 saturated carbocycles. The highest BCUT2D eigenvalue weighted by molar-refractivity contribution is 5.66. The van der Waals surface area contributed by atoms with Crippen molar-refractivity contribution in [1.82, 2.24) is 0 Å². The molecule has 3 nitrogen and oxygen atoms in total. The number of carboxylic acid groups (broad SMARTS) is 1. The molecule has 0 saturated heterocycles. The molecule has 1 N–H and O–H groups in total. The van der Waals surface area contributed by atoms with Crippen LogP contribution in [-0.4, -0.2) is 17.4 Å². The summed E-state index contributed by atoms with van der Waals surface area (Å²) in [5.41, 5.74) is 0. The third-order valence-electron chi connectivity index (χ3n) is 2.26. The lowest BCUT2D eigenvalue weighted by Gasteiger charge is -1.89. The van der Waals surface area contributed by atoms with Crippen LogP contribution in [0.15, 0.2) is 36.5 Å². The molecule has 0 radical (unpaired) electrons. The van der Waals surface area contributed by atoms with Crippen LogP contribution in [0, 0.1) is 0 Å². The smallest absolute Gasteiger partial charge is 0.303 e. The van der Waals surface area contributed by atoms with Crippen molar-refractivity contribution in [3.63, 3.8) is 0 Å². The fourth-order valence-electron chi connectivity index (χ4n) is 1.31. The van der Waals surface area contributed by atoms with E-state index < -0.39 is 5.97 Å². The van der Waals surface area contributed by atoms with Crippen LogP contribution in [0.3, 0.4) is 0 Å². The van der Waals surface area contributed by atoms with Gasteiger partial charge < -0.3 is 9.90 Å². The van der Waals surface area contributed by atoms with Gasteiger partial charge in [0.15, 0.2) is 0 Å². The lowest BCUT2D eigenvalue weighted by Crippen LogP contribution is -1.92. The quantitative estimate of drug-likeness (QED) is 0.346. The summed E-state index contributed by atoms with van der Waals surface area (Å²) in [5.74, 6) is -0.732. The van der Waals surface area contributed by atoms with Crippen molar-refractivity contribution in [3.05, 3.63) is 36.5 Å². The van der Waals surface area contributed by atoms with E-state index in [4.69, 9.17) is 5.11 Å². The Morgan fingerprint density at radius 2 is 1.39 bits per heavy atom. The van der Waals surface area contributed by atoms with Crippen LogP contribution in [0.5, 0.6) is 0 Å². The van der Waals surface area contributed by atoms with Gasteiger partial charge in [0.2, 0.25) is 0 Å². The van der Waals surface area contributed by atoms with Crippen LogP contribution in [-0.2, 0) is 9.59 Å². The Morgan fingerprint density at radius 1 is 0.833 bits per heavy atom. The molecule has 0 aromatic rings. The maximum absolute atomic E-state index is 10.2. The third kappa shape index (κ3) is 14.4. The molecule has 0 rings (SSSR count).